The van der Waals surface area contributed by atoms with Crippen LogP contribution in [0.25, 0.3) is 0 Å². The molecule has 0 aliphatic carbocycles. The fourth-order valence-corrected chi connectivity index (χ4v) is 3.82. The topological polar surface area (TPSA) is 66.9 Å². The zero-order chi connectivity index (χ0) is 18.9. The molecule has 0 bridgehead atoms. The normalized spacial score (nSPS) is 19.4. The summed E-state index contributed by atoms with van der Waals surface area (Å²) in [5, 5.41) is 0. The smallest absolute Gasteiger partial charge is 0.309 e. The van der Waals surface area contributed by atoms with E-state index >= 15 is 0 Å². The number of ether oxygens (including phenoxy) is 1. The number of esters is 1. The summed E-state index contributed by atoms with van der Waals surface area (Å²) in [4.78, 5) is 40.7. The number of fused-ring (bicyclic) bond motifs is 1. The van der Waals surface area contributed by atoms with Gasteiger partial charge in [0.2, 0.25) is 11.8 Å². The molecule has 0 radical (unpaired) electrons. The van der Waals surface area contributed by atoms with Crippen molar-refractivity contribution in [2.24, 2.45) is 5.92 Å². The molecular formula is C20H26N2O4. The van der Waals surface area contributed by atoms with Gasteiger partial charge in [0.25, 0.3) is 0 Å². The molecule has 1 saturated heterocycles. The summed E-state index contributed by atoms with van der Waals surface area (Å²) in [6, 6.07) is 7.64. The molecule has 1 aromatic rings. The van der Waals surface area contributed by atoms with Gasteiger partial charge < -0.3 is 14.5 Å². The number of amides is 2. The highest BCUT2D eigenvalue weighted by Gasteiger charge is 2.44. The predicted molar refractivity (Wildman–Crippen MR) is 97.8 cm³/mol. The minimum Gasteiger partial charge on any atom is -0.466 e. The van der Waals surface area contributed by atoms with Gasteiger partial charge in [0, 0.05) is 18.8 Å². The molecule has 2 heterocycles. The van der Waals surface area contributed by atoms with Gasteiger partial charge >= 0.3 is 5.97 Å². The van der Waals surface area contributed by atoms with Gasteiger partial charge in [0.15, 0.2) is 0 Å². The fraction of sp³-hybridized carbons (Fsp3) is 0.550. The monoisotopic (exact) mass is 358 g/mol. The lowest BCUT2D eigenvalue weighted by molar-refractivity contribution is -0.151. The fourth-order valence-electron chi connectivity index (χ4n) is 3.82. The molecule has 2 aliphatic heterocycles. The average molecular weight is 358 g/mol. The third-order valence-electron chi connectivity index (χ3n) is 5.41. The summed E-state index contributed by atoms with van der Waals surface area (Å²) < 4.78 is 5.07. The molecule has 6 heteroatoms. The number of piperidine rings is 1. The third-order valence-corrected chi connectivity index (χ3v) is 5.41. The van der Waals surface area contributed by atoms with Gasteiger partial charge in [-0.3, -0.25) is 14.4 Å². The number of hydrogen-bond donors (Lipinski definition) is 0. The molecule has 0 N–H and O–H groups in total. The summed E-state index contributed by atoms with van der Waals surface area (Å²) in [6.07, 6.45) is 1.22. The Morgan fingerprint density at radius 1 is 1.19 bits per heavy atom. The third kappa shape index (κ3) is 3.20. The van der Waals surface area contributed by atoms with Crippen molar-refractivity contribution >= 4 is 23.5 Å². The van der Waals surface area contributed by atoms with E-state index in [1.165, 1.54) is 0 Å². The first-order valence-corrected chi connectivity index (χ1v) is 9.22. The zero-order valence-corrected chi connectivity index (χ0v) is 15.7. The van der Waals surface area contributed by atoms with Crippen molar-refractivity contribution in [3.8, 4) is 0 Å². The van der Waals surface area contributed by atoms with Gasteiger partial charge in [-0.05, 0) is 45.2 Å². The number of carbonyl (C=O) groups excluding carboxylic acids is 3. The molecule has 2 aliphatic rings. The largest absolute Gasteiger partial charge is 0.466 e. The lowest BCUT2D eigenvalue weighted by atomic mass is 9.86. The number of rotatable bonds is 4. The summed E-state index contributed by atoms with van der Waals surface area (Å²) in [5.74, 6) is -0.432. The van der Waals surface area contributed by atoms with E-state index in [4.69, 9.17) is 4.74 Å². The lowest BCUT2D eigenvalue weighted by Crippen LogP contribution is -2.47. The van der Waals surface area contributed by atoms with Gasteiger partial charge in [0.1, 0.15) is 6.54 Å². The molecule has 1 fully saturated rings. The maximum Gasteiger partial charge on any atom is 0.309 e. The summed E-state index contributed by atoms with van der Waals surface area (Å²) >= 11 is 0. The number of hydrogen-bond acceptors (Lipinski definition) is 4. The van der Waals surface area contributed by atoms with Crippen molar-refractivity contribution in [1.29, 1.82) is 0 Å². The Morgan fingerprint density at radius 3 is 2.50 bits per heavy atom. The second-order valence-electron chi connectivity index (χ2n) is 7.44. The SMILES string of the molecule is CCOC(=O)C1CCN(C(=O)CN2C(=O)C(C)(C)c3ccccc32)CC1. The molecule has 0 saturated carbocycles. The molecule has 6 nitrogen and oxygen atoms in total. The Bertz CT molecular complexity index is 720. The first kappa shape index (κ1) is 18.4. The van der Waals surface area contributed by atoms with Crippen molar-refractivity contribution < 1.29 is 19.1 Å². The lowest BCUT2D eigenvalue weighted by Gasteiger charge is -2.32. The summed E-state index contributed by atoms with van der Waals surface area (Å²) in [5.41, 5.74) is 1.16. The summed E-state index contributed by atoms with van der Waals surface area (Å²) in [7, 11) is 0. The Labute approximate surface area is 154 Å². The minimum atomic E-state index is -0.617. The van der Waals surface area contributed by atoms with Crippen LogP contribution in [0.1, 0.15) is 39.2 Å². The number of carbonyl (C=O) groups is 3. The second-order valence-corrected chi connectivity index (χ2v) is 7.44. The predicted octanol–water partition coefficient (Wildman–Crippen LogP) is 2.11. The molecule has 3 rings (SSSR count). The summed E-state index contributed by atoms with van der Waals surface area (Å²) in [6.45, 7) is 7.05. The Kier molecular flexibility index (Phi) is 5.03. The van der Waals surface area contributed by atoms with Gasteiger partial charge in [0.05, 0.1) is 17.9 Å². The highest BCUT2D eigenvalue weighted by molar-refractivity contribution is 6.10. The van der Waals surface area contributed by atoms with Crippen molar-refractivity contribution in [3.63, 3.8) is 0 Å². The van der Waals surface area contributed by atoms with Crippen molar-refractivity contribution in [2.75, 3.05) is 31.1 Å². The molecule has 1 aromatic carbocycles. The van der Waals surface area contributed by atoms with E-state index in [2.05, 4.69) is 0 Å². The number of benzene rings is 1. The highest BCUT2D eigenvalue weighted by atomic mass is 16.5. The van der Waals surface area contributed by atoms with Gasteiger partial charge in [-0.25, -0.2) is 0 Å². The number of likely N-dealkylation sites (tertiary alicyclic amines) is 1. The van der Waals surface area contributed by atoms with Crippen LogP contribution in [0.2, 0.25) is 0 Å². The molecule has 0 atom stereocenters. The first-order valence-electron chi connectivity index (χ1n) is 9.22. The second kappa shape index (κ2) is 7.09. The standard InChI is InChI=1S/C20H26N2O4/c1-4-26-18(24)14-9-11-21(12-10-14)17(23)13-22-16-8-6-5-7-15(16)20(2,3)19(22)25/h5-8,14H,4,9-13H2,1-3H3. The van der Waals surface area contributed by atoms with E-state index in [1.54, 1.807) is 16.7 Å². The quantitative estimate of drug-likeness (QED) is 0.773. The first-order chi connectivity index (χ1) is 12.4. The average Bonchev–Trinajstić information content (AvgIpc) is 2.83. The molecule has 0 spiro atoms. The number of nitrogens with zero attached hydrogens (tertiary/aromatic N) is 2. The van der Waals surface area contributed by atoms with Crippen LogP contribution in [-0.2, 0) is 24.5 Å². The molecule has 0 aromatic heterocycles. The van der Waals surface area contributed by atoms with Crippen LogP contribution < -0.4 is 4.90 Å². The van der Waals surface area contributed by atoms with E-state index in [-0.39, 0.29) is 30.2 Å². The molecule has 0 unspecified atom stereocenters. The van der Waals surface area contributed by atoms with Crippen molar-refractivity contribution in [2.45, 2.75) is 39.0 Å². The molecule has 140 valence electrons. The van der Waals surface area contributed by atoms with Crippen LogP contribution in [0.4, 0.5) is 5.69 Å². The Balaban J connectivity index is 1.65. The van der Waals surface area contributed by atoms with Crippen molar-refractivity contribution in [3.05, 3.63) is 29.8 Å². The van der Waals surface area contributed by atoms with Gasteiger partial charge in [-0.1, -0.05) is 18.2 Å². The van der Waals surface area contributed by atoms with Gasteiger partial charge in [-0.15, -0.1) is 0 Å². The minimum absolute atomic E-state index is 0.0450. The maximum atomic E-state index is 12.8. The van der Waals surface area contributed by atoms with E-state index in [0.717, 1.165) is 11.3 Å². The van der Waals surface area contributed by atoms with E-state index < -0.39 is 5.41 Å². The van der Waals surface area contributed by atoms with Gasteiger partial charge in [-0.2, -0.15) is 0 Å². The van der Waals surface area contributed by atoms with E-state index in [1.807, 2.05) is 38.1 Å². The van der Waals surface area contributed by atoms with Crippen LogP contribution in [0.5, 0.6) is 0 Å². The number of para-hydroxylation sites is 1. The maximum absolute atomic E-state index is 12.8. The molecular weight excluding hydrogens is 332 g/mol. The molecule has 26 heavy (non-hydrogen) atoms. The van der Waals surface area contributed by atoms with E-state index in [0.29, 0.717) is 32.5 Å². The van der Waals surface area contributed by atoms with Crippen LogP contribution in [-0.4, -0.2) is 48.9 Å². The van der Waals surface area contributed by atoms with Crippen LogP contribution in [0.15, 0.2) is 24.3 Å². The zero-order valence-electron chi connectivity index (χ0n) is 15.7. The highest BCUT2D eigenvalue weighted by Crippen LogP contribution is 2.41. The van der Waals surface area contributed by atoms with E-state index in [9.17, 15) is 14.4 Å². The molecule has 2 amide bonds. The van der Waals surface area contributed by atoms with Crippen molar-refractivity contribution in [1.82, 2.24) is 4.90 Å². The van der Waals surface area contributed by atoms with Crippen LogP contribution >= 0.6 is 0 Å². The van der Waals surface area contributed by atoms with Crippen LogP contribution in [0.3, 0.4) is 0 Å². The Hall–Kier alpha value is -2.37. The van der Waals surface area contributed by atoms with Crippen LogP contribution in [0, 0.1) is 5.92 Å². The Morgan fingerprint density at radius 2 is 1.85 bits per heavy atom. The number of anilines is 1.